The third kappa shape index (κ3) is 51.5. The minimum Gasteiger partial charge on any atom is -0.756 e. The normalized spacial score (nSPS) is 14.5. The molecule has 9 nitrogen and oxygen atoms in total. The number of phosphoric acid groups is 1. The third-order valence-corrected chi connectivity index (χ3v) is 11.1. The number of ether oxygens (including phenoxy) is 2. The van der Waals surface area contributed by atoms with Crippen molar-refractivity contribution in [1.82, 2.24) is 0 Å². The number of carbonyl (C=O) groups is 2. The largest absolute Gasteiger partial charge is 0.756 e. The van der Waals surface area contributed by atoms with Gasteiger partial charge in [-0.1, -0.05) is 192 Å². The summed E-state index contributed by atoms with van der Waals surface area (Å²) in [5.41, 5.74) is 0. The summed E-state index contributed by atoms with van der Waals surface area (Å²) in [5.74, 6) is -0.952. The quantitative estimate of drug-likeness (QED) is 0.0195. The van der Waals surface area contributed by atoms with Crippen LogP contribution in [0.1, 0.15) is 168 Å². The van der Waals surface area contributed by atoms with Crippen LogP contribution in [0.5, 0.6) is 0 Å². The lowest BCUT2D eigenvalue weighted by molar-refractivity contribution is -0.870. The van der Waals surface area contributed by atoms with Gasteiger partial charge in [0.15, 0.2) is 6.10 Å². The number of likely N-dealkylation sites (N-methyl/N-ethyl adjacent to an activating group) is 1. The molecule has 0 saturated heterocycles. The predicted octanol–water partition coefficient (Wildman–Crippen LogP) is 15.2. The minimum absolute atomic E-state index is 0.0535. The molecule has 0 radical (unpaired) electrons. The van der Waals surface area contributed by atoms with Crippen LogP contribution in [0, 0.1) is 0 Å². The summed E-state index contributed by atoms with van der Waals surface area (Å²) in [6.45, 7) is 3.88. The first-order valence-corrected chi connectivity index (χ1v) is 27.4. The molecule has 0 fully saturated rings. The smallest absolute Gasteiger partial charge is 0.306 e. The van der Waals surface area contributed by atoms with E-state index in [2.05, 4.69) is 135 Å². The topological polar surface area (TPSA) is 111 Å². The molecular formula is C58H94NO8P. The van der Waals surface area contributed by atoms with Crippen LogP contribution in [0.3, 0.4) is 0 Å². The molecule has 0 aromatic rings. The molecule has 0 spiro atoms. The van der Waals surface area contributed by atoms with Crippen LogP contribution in [-0.2, 0) is 32.7 Å². The highest BCUT2D eigenvalue weighted by atomic mass is 31.2. The van der Waals surface area contributed by atoms with Crippen molar-refractivity contribution in [3.63, 3.8) is 0 Å². The molecule has 0 aromatic carbocycles. The number of phosphoric ester groups is 1. The molecule has 0 aliphatic carbocycles. The highest BCUT2D eigenvalue weighted by Crippen LogP contribution is 2.38. The van der Waals surface area contributed by atoms with Gasteiger partial charge in [0.2, 0.25) is 0 Å². The van der Waals surface area contributed by atoms with Gasteiger partial charge >= 0.3 is 11.9 Å². The van der Waals surface area contributed by atoms with E-state index < -0.39 is 32.5 Å². The molecule has 0 heterocycles. The van der Waals surface area contributed by atoms with Crippen molar-refractivity contribution in [2.75, 3.05) is 47.5 Å². The minimum atomic E-state index is -4.66. The second-order valence-corrected chi connectivity index (χ2v) is 19.2. The van der Waals surface area contributed by atoms with Gasteiger partial charge < -0.3 is 27.9 Å². The van der Waals surface area contributed by atoms with Crippen LogP contribution in [0.2, 0.25) is 0 Å². The van der Waals surface area contributed by atoms with E-state index in [1.165, 1.54) is 32.1 Å². The number of esters is 2. The number of rotatable bonds is 45. The Kier molecular flexibility index (Phi) is 45.5. The zero-order valence-electron chi connectivity index (χ0n) is 43.2. The summed E-state index contributed by atoms with van der Waals surface area (Å²) in [5, 5.41) is 0. The van der Waals surface area contributed by atoms with Crippen molar-refractivity contribution in [2.24, 2.45) is 0 Å². The van der Waals surface area contributed by atoms with Gasteiger partial charge in [0.05, 0.1) is 27.7 Å². The lowest BCUT2D eigenvalue weighted by Crippen LogP contribution is -2.37. The van der Waals surface area contributed by atoms with E-state index in [1.807, 2.05) is 33.3 Å². The van der Waals surface area contributed by atoms with Crippen molar-refractivity contribution >= 4 is 19.8 Å². The molecule has 0 N–H and O–H groups in total. The zero-order chi connectivity index (χ0) is 49.9. The Balaban J connectivity index is 4.37. The fraction of sp³-hybridized carbons (Fsp3) is 0.586. The molecule has 0 amide bonds. The second kappa shape index (κ2) is 48.2. The summed E-state index contributed by atoms with van der Waals surface area (Å²) >= 11 is 0. The molecule has 68 heavy (non-hydrogen) atoms. The number of carbonyl (C=O) groups excluding carboxylic acids is 2. The Hall–Kier alpha value is -3.85. The third-order valence-electron chi connectivity index (χ3n) is 10.2. The van der Waals surface area contributed by atoms with Gasteiger partial charge in [-0.3, -0.25) is 14.2 Å². The molecule has 384 valence electrons. The highest BCUT2D eigenvalue weighted by Gasteiger charge is 2.21. The van der Waals surface area contributed by atoms with Crippen molar-refractivity contribution < 1.29 is 42.1 Å². The van der Waals surface area contributed by atoms with Gasteiger partial charge in [-0.2, -0.15) is 0 Å². The van der Waals surface area contributed by atoms with Crippen LogP contribution in [-0.4, -0.2) is 70.0 Å². The number of hydrogen-bond acceptors (Lipinski definition) is 8. The van der Waals surface area contributed by atoms with Gasteiger partial charge in [0, 0.05) is 12.8 Å². The molecule has 2 atom stereocenters. The Morgan fingerprint density at radius 3 is 1.24 bits per heavy atom. The van der Waals surface area contributed by atoms with Crippen LogP contribution in [0.25, 0.3) is 0 Å². The van der Waals surface area contributed by atoms with E-state index in [-0.39, 0.29) is 26.1 Å². The average molecular weight is 964 g/mol. The van der Waals surface area contributed by atoms with Crippen molar-refractivity contribution in [1.29, 1.82) is 0 Å². The standard InChI is InChI=1S/C58H94NO8P/c1-6-8-10-12-14-16-18-20-22-24-26-27-28-29-30-31-33-34-36-38-40-42-44-46-48-50-57(60)64-54-56(55-66-68(62,63)65-53-52-59(3,4)5)67-58(61)51-49-47-45-43-41-39-37-35-32-25-23-21-19-17-15-13-11-9-7-2/h8-11,14-17,20-23,26-27,29-30,32,35,39,41,45,47,56H,6-7,12-13,18-19,24-25,28,31,33-34,36-38,40,42-44,46,48-55H2,1-5H3/b10-8-,11-9-,16-14-,17-15-,22-20-,23-21-,27-26-,30-29-,35-32-,41-39-,47-45-. The molecule has 0 aliphatic heterocycles. The van der Waals surface area contributed by atoms with Crippen LogP contribution >= 0.6 is 7.82 Å². The first kappa shape index (κ1) is 64.2. The summed E-state index contributed by atoms with van der Waals surface area (Å²) in [7, 11) is 1.09. The highest BCUT2D eigenvalue weighted by molar-refractivity contribution is 7.45. The summed E-state index contributed by atoms with van der Waals surface area (Å²) < 4.78 is 33.9. The molecule has 0 aliphatic rings. The first-order chi connectivity index (χ1) is 33.0. The predicted molar refractivity (Wildman–Crippen MR) is 286 cm³/mol. The maximum Gasteiger partial charge on any atom is 0.306 e. The Bertz CT molecular complexity index is 1610. The van der Waals surface area contributed by atoms with Crippen LogP contribution < -0.4 is 4.89 Å². The van der Waals surface area contributed by atoms with Crippen molar-refractivity contribution in [2.45, 2.75) is 174 Å². The van der Waals surface area contributed by atoms with Gasteiger partial charge in [0.25, 0.3) is 7.82 Å². The average Bonchev–Trinajstić information content (AvgIpc) is 3.30. The first-order valence-electron chi connectivity index (χ1n) is 25.9. The van der Waals surface area contributed by atoms with E-state index in [0.29, 0.717) is 23.9 Å². The van der Waals surface area contributed by atoms with E-state index in [0.717, 1.165) is 96.3 Å². The fourth-order valence-corrected chi connectivity index (χ4v) is 6.96. The summed E-state index contributed by atoms with van der Waals surface area (Å²) in [6, 6.07) is 0. The zero-order valence-corrected chi connectivity index (χ0v) is 44.1. The maximum absolute atomic E-state index is 12.7. The number of allylic oxidation sites excluding steroid dienone is 22. The Morgan fingerprint density at radius 1 is 0.456 bits per heavy atom. The maximum atomic E-state index is 12.7. The summed E-state index contributed by atoms with van der Waals surface area (Å²) in [6.07, 6.45) is 69.3. The SMILES string of the molecule is CC/C=C\C/C=C\C/C=C\C/C=C\C/C=C\C/C=C\CCC(=O)OC(COC(=O)CCCCCCCCCCC/C=C\C/C=C\C/C=C\C/C=C\C/C=C\CC)COP(=O)([O-])OCC[N+](C)(C)C. The van der Waals surface area contributed by atoms with E-state index in [1.54, 1.807) is 0 Å². The van der Waals surface area contributed by atoms with E-state index >= 15 is 0 Å². The Labute approximate surface area is 415 Å². The fourth-order valence-electron chi connectivity index (χ4n) is 6.24. The molecule has 0 saturated carbocycles. The molecule has 0 bridgehead atoms. The molecule has 10 heteroatoms. The van der Waals surface area contributed by atoms with Crippen LogP contribution in [0.4, 0.5) is 0 Å². The van der Waals surface area contributed by atoms with Gasteiger partial charge in [-0.25, -0.2) is 0 Å². The number of hydrogen-bond donors (Lipinski definition) is 0. The summed E-state index contributed by atoms with van der Waals surface area (Å²) in [4.78, 5) is 37.7. The molecule has 2 unspecified atom stereocenters. The van der Waals surface area contributed by atoms with E-state index in [9.17, 15) is 19.0 Å². The van der Waals surface area contributed by atoms with Crippen molar-refractivity contribution in [3.8, 4) is 0 Å². The molecule has 0 rings (SSSR count). The monoisotopic (exact) mass is 964 g/mol. The lowest BCUT2D eigenvalue weighted by atomic mass is 10.1. The Morgan fingerprint density at radius 2 is 0.824 bits per heavy atom. The number of nitrogens with zero attached hydrogens (tertiary/aromatic N) is 1. The van der Waals surface area contributed by atoms with Crippen LogP contribution in [0.15, 0.2) is 134 Å². The van der Waals surface area contributed by atoms with Gasteiger partial charge in [0.1, 0.15) is 19.8 Å². The number of quaternary nitrogens is 1. The second-order valence-electron chi connectivity index (χ2n) is 17.8. The molecule has 0 aromatic heterocycles. The van der Waals surface area contributed by atoms with Gasteiger partial charge in [-0.15, -0.1) is 0 Å². The van der Waals surface area contributed by atoms with E-state index in [4.69, 9.17) is 18.5 Å². The van der Waals surface area contributed by atoms with Crippen molar-refractivity contribution in [3.05, 3.63) is 134 Å². The lowest BCUT2D eigenvalue weighted by Gasteiger charge is -2.28. The van der Waals surface area contributed by atoms with Gasteiger partial charge in [-0.05, 0) is 96.3 Å². The molecular weight excluding hydrogens is 870 g/mol. The number of unbranched alkanes of at least 4 members (excludes halogenated alkanes) is 9.